The van der Waals surface area contributed by atoms with Gasteiger partial charge in [0.15, 0.2) is 0 Å². The average molecular weight is 606 g/mol. The first kappa shape index (κ1) is 28.4. The molecule has 0 saturated carbocycles. The summed E-state index contributed by atoms with van der Waals surface area (Å²) in [6, 6.07) is 20.0. The molecule has 1 fully saturated rings. The summed E-state index contributed by atoms with van der Waals surface area (Å²) in [6.07, 6.45) is 0.708. The topological polar surface area (TPSA) is 92.8 Å². The van der Waals surface area contributed by atoms with Crippen LogP contribution in [0.4, 0.5) is 5.69 Å². The van der Waals surface area contributed by atoms with Crippen molar-refractivity contribution in [2.24, 2.45) is 17.8 Å². The maximum absolute atomic E-state index is 14.3. The second-order valence-electron chi connectivity index (χ2n) is 11.4. The van der Waals surface area contributed by atoms with Crippen LogP contribution in [-0.4, -0.2) is 41.2 Å². The maximum Gasteiger partial charge on any atom is 0.338 e. The van der Waals surface area contributed by atoms with E-state index < -0.39 is 57.2 Å². The van der Waals surface area contributed by atoms with E-state index in [9.17, 15) is 19.2 Å². The fourth-order valence-corrected chi connectivity index (χ4v) is 7.96. The first-order valence-electron chi connectivity index (χ1n) is 14.1. The van der Waals surface area contributed by atoms with E-state index in [1.807, 2.05) is 55.5 Å². The van der Waals surface area contributed by atoms with Gasteiger partial charge in [-0.15, -0.1) is 23.2 Å². The monoisotopic (exact) mass is 604 g/mol. The minimum absolute atomic E-state index is 0.316. The summed E-state index contributed by atoms with van der Waals surface area (Å²) in [4.78, 5) is 53.1. The normalized spacial score (nSPS) is 26.0. The molecule has 0 spiro atoms. The Morgan fingerprint density at radius 3 is 1.69 bits per heavy atom. The minimum Gasteiger partial charge on any atom is -0.462 e. The molecule has 0 aromatic heterocycles. The molecular weight excluding hydrogens is 575 g/mol. The quantitative estimate of drug-likeness (QED) is 0.209. The van der Waals surface area contributed by atoms with Gasteiger partial charge in [-0.05, 0) is 58.9 Å². The van der Waals surface area contributed by atoms with Crippen LogP contribution in [-0.2, 0) is 28.9 Å². The van der Waals surface area contributed by atoms with Gasteiger partial charge in [0.2, 0.25) is 17.7 Å². The molecule has 1 heterocycles. The lowest BCUT2D eigenvalue weighted by Gasteiger charge is -2.54. The summed E-state index contributed by atoms with van der Waals surface area (Å²) >= 11 is 15.0. The predicted molar refractivity (Wildman–Crippen MR) is 159 cm³/mol. The molecule has 7 rings (SSSR count). The van der Waals surface area contributed by atoms with Crippen LogP contribution < -0.4 is 5.32 Å². The Morgan fingerprint density at radius 2 is 1.29 bits per heavy atom. The zero-order chi connectivity index (χ0) is 30.0. The highest BCUT2D eigenvalue weighted by Gasteiger charge is 2.73. The number of anilines is 1. The van der Waals surface area contributed by atoms with Crippen molar-refractivity contribution in [3.05, 3.63) is 101 Å². The third-order valence-corrected chi connectivity index (χ3v) is 9.91. The number of nitrogens with one attached hydrogen (secondary N) is 1. The number of hydrogen-bond donors (Lipinski definition) is 1. The maximum atomic E-state index is 14.3. The van der Waals surface area contributed by atoms with Gasteiger partial charge in [0, 0.05) is 5.69 Å². The molecule has 42 heavy (non-hydrogen) atoms. The van der Waals surface area contributed by atoms with Crippen molar-refractivity contribution < 1.29 is 23.9 Å². The predicted octanol–water partition coefficient (Wildman–Crippen LogP) is 5.81. The summed E-state index contributed by atoms with van der Waals surface area (Å²) in [5.74, 6) is -4.41. The van der Waals surface area contributed by atoms with Gasteiger partial charge in [-0.1, -0.05) is 69.3 Å². The number of rotatable bonds is 7. The van der Waals surface area contributed by atoms with Gasteiger partial charge in [0.25, 0.3) is 0 Å². The van der Waals surface area contributed by atoms with Crippen LogP contribution in [0.15, 0.2) is 72.8 Å². The summed E-state index contributed by atoms with van der Waals surface area (Å²) < 4.78 is 5.16. The van der Waals surface area contributed by atoms with Crippen LogP contribution in [0.25, 0.3) is 0 Å². The minimum atomic E-state index is -1.32. The number of alkyl halides is 2. The number of carbonyl (C=O) groups excluding carboxylic acids is 4. The largest absolute Gasteiger partial charge is 0.462 e. The van der Waals surface area contributed by atoms with Crippen LogP contribution >= 0.6 is 23.2 Å². The standard InChI is InChI=1S/C33H30Cl2N2O5/c1-4-17-42-31(41)19-13-15-20(16-14-19)36-28(38)27(18(2)3)37-29(39)25-26(30(37)40)33(35)22-10-6-5-9-21(22)32(25,34)23-11-7-8-12-24(23)33/h5-16,18,25-27H,4,17H2,1-3H3,(H,36,38)/t25-,26+,27-,32?,33?/m0/s1. The van der Waals surface area contributed by atoms with Crippen LogP contribution in [0.2, 0.25) is 0 Å². The van der Waals surface area contributed by atoms with Gasteiger partial charge in [-0.2, -0.15) is 0 Å². The fourth-order valence-electron chi connectivity index (χ4n) is 6.86. The Morgan fingerprint density at radius 1 is 0.833 bits per heavy atom. The van der Waals surface area contributed by atoms with Crippen molar-refractivity contribution in [1.29, 1.82) is 0 Å². The van der Waals surface area contributed by atoms with Crippen LogP contribution in [0.3, 0.4) is 0 Å². The summed E-state index contributed by atoms with van der Waals surface area (Å²) in [5.41, 5.74) is 3.57. The van der Waals surface area contributed by atoms with E-state index >= 15 is 0 Å². The molecular formula is C33H30Cl2N2O5. The molecule has 1 aliphatic heterocycles. The first-order valence-corrected chi connectivity index (χ1v) is 14.8. The van der Waals surface area contributed by atoms with Gasteiger partial charge in [-0.3, -0.25) is 19.3 Å². The van der Waals surface area contributed by atoms with Gasteiger partial charge in [0.05, 0.1) is 24.0 Å². The molecule has 1 N–H and O–H groups in total. The van der Waals surface area contributed by atoms with Gasteiger partial charge >= 0.3 is 5.97 Å². The molecule has 0 radical (unpaired) electrons. The Bertz CT molecular complexity index is 1500. The lowest BCUT2D eigenvalue weighted by Crippen LogP contribution is -2.57. The molecule has 3 aromatic rings. The SMILES string of the molecule is CCCOC(=O)c1ccc(NC(=O)[C@H](C(C)C)N2C(=O)[C@@H]3[C@H](C2=O)C2(Cl)c4ccccc4C3(Cl)c3ccccc32)cc1. The molecule has 3 atom stereocenters. The highest BCUT2D eigenvalue weighted by molar-refractivity contribution is 6.36. The van der Waals surface area contributed by atoms with E-state index in [4.69, 9.17) is 27.9 Å². The summed E-state index contributed by atoms with van der Waals surface area (Å²) in [5, 5.41) is 2.82. The molecule has 2 bridgehead atoms. The fraction of sp³-hybridized carbons (Fsp3) is 0.333. The summed E-state index contributed by atoms with van der Waals surface area (Å²) in [6.45, 7) is 5.79. The van der Waals surface area contributed by atoms with E-state index in [0.717, 1.165) is 4.90 Å². The van der Waals surface area contributed by atoms with Crippen molar-refractivity contribution >= 4 is 52.6 Å². The molecule has 9 heteroatoms. The molecule has 3 aromatic carbocycles. The molecule has 3 amide bonds. The van der Waals surface area contributed by atoms with Gasteiger partial charge in [0.1, 0.15) is 15.8 Å². The Hall–Kier alpha value is -3.68. The number of imide groups is 1. The number of ether oxygens (including phenoxy) is 1. The molecule has 4 aliphatic rings. The van der Waals surface area contributed by atoms with Crippen molar-refractivity contribution in [2.45, 2.75) is 43.0 Å². The highest BCUT2D eigenvalue weighted by Crippen LogP contribution is 2.69. The van der Waals surface area contributed by atoms with Crippen LogP contribution in [0.5, 0.6) is 0 Å². The number of nitrogens with zero attached hydrogens (tertiary/aromatic N) is 1. The third-order valence-electron chi connectivity index (χ3n) is 8.62. The van der Waals surface area contributed by atoms with Crippen molar-refractivity contribution in [2.75, 3.05) is 11.9 Å². The first-order chi connectivity index (χ1) is 20.1. The number of halogens is 2. The van der Waals surface area contributed by atoms with E-state index in [1.54, 1.807) is 38.1 Å². The Labute approximate surface area is 254 Å². The zero-order valence-corrected chi connectivity index (χ0v) is 24.9. The van der Waals surface area contributed by atoms with E-state index in [-0.39, 0.29) is 0 Å². The molecule has 3 aliphatic carbocycles. The molecule has 0 unspecified atom stereocenters. The average Bonchev–Trinajstić information content (AvgIpc) is 3.25. The van der Waals surface area contributed by atoms with Crippen molar-refractivity contribution in [1.82, 2.24) is 4.90 Å². The Balaban J connectivity index is 1.36. The smallest absolute Gasteiger partial charge is 0.338 e. The number of benzene rings is 3. The third kappa shape index (κ3) is 3.86. The molecule has 7 nitrogen and oxygen atoms in total. The van der Waals surface area contributed by atoms with Crippen molar-refractivity contribution in [3.63, 3.8) is 0 Å². The van der Waals surface area contributed by atoms with Gasteiger partial charge in [-0.25, -0.2) is 4.79 Å². The number of likely N-dealkylation sites (tertiary alicyclic amines) is 1. The van der Waals surface area contributed by atoms with E-state index in [1.165, 1.54) is 0 Å². The second kappa shape index (κ2) is 10.2. The van der Waals surface area contributed by atoms with Crippen LogP contribution in [0.1, 0.15) is 59.8 Å². The van der Waals surface area contributed by atoms with E-state index in [2.05, 4.69) is 5.32 Å². The van der Waals surface area contributed by atoms with E-state index in [0.29, 0.717) is 46.5 Å². The second-order valence-corrected chi connectivity index (χ2v) is 12.6. The molecule has 216 valence electrons. The van der Waals surface area contributed by atoms with Gasteiger partial charge < -0.3 is 10.1 Å². The van der Waals surface area contributed by atoms with Crippen molar-refractivity contribution in [3.8, 4) is 0 Å². The lowest BCUT2D eigenvalue weighted by atomic mass is 9.54. The summed E-state index contributed by atoms with van der Waals surface area (Å²) in [7, 11) is 0. The molecule has 1 saturated heterocycles. The lowest BCUT2D eigenvalue weighted by molar-refractivity contribution is -0.148. The zero-order valence-electron chi connectivity index (χ0n) is 23.4. The highest BCUT2D eigenvalue weighted by atomic mass is 35.5. The number of amides is 3. The van der Waals surface area contributed by atoms with Crippen LogP contribution in [0, 0.1) is 17.8 Å². The number of hydrogen-bond acceptors (Lipinski definition) is 5. The number of esters is 1. The Kier molecular flexibility index (Phi) is 6.94. The number of carbonyl (C=O) groups is 4.